The molecule has 0 atom stereocenters. The van der Waals surface area contributed by atoms with Crippen LogP contribution in [0.2, 0.25) is 0 Å². The highest BCUT2D eigenvalue weighted by atomic mass is 19.4. The van der Waals surface area contributed by atoms with Crippen molar-refractivity contribution >= 4 is 22.9 Å². The van der Waals surface area contributed by atoms with Crippen LogP contribution in [0.25, 0.3) is 5.65 Å². The maximum Gasteiger partial charge on any atom is 0.416 e. The average molecular weight is 641 g/mol. The molecule has 1 fully saturated rings. The molecule has 1 saturated heterocycles. The molecule has 0 aliphatic carbocycles. The average Bonchev–Trinajstić information content (AvgIpc) is 3.66. The maximum atomic E-state index is 14.0. The molecule has 0 bridgehead atoms. The summed E-state index contributed by atoms with van der Waals surface area (Å²) in [6, 6.07) is 13.3. The highest BCUT2D eigenvalue weighted by Crippen LogP contribution is 2.33. The van der Waals surface area contributed by atoms with Gasteiger partial charge in [-0.05, 0) is 66.9 Å². The standard InChI is InChI=1S/C35H35F3N8O/c1-24-6-8-27(18-26(24)10-11-30-21-39-33-32(5-4-12-46(30)33)42-29-20-41-44(3)23-29)34(47)40-19-25-7-9-28(31(17-25)35(36,37)38)22-45-15-13-43(2)14-16-45/h4-9,12,17-18,20-21,23,42H,13-16,19,22H2,1-3H3,(H,40,47). The number of halogens is 3. The molecule has 0 unspecified atom stereocenters. The van der Waals surface area contributed by atoms with E-state index in [0.717, 1.165) is 49.2 Å². The summed E-state index contributed by atoms with van der Waals surface area (Å²) < 4.78 is 45.7. The van der Waals surface area contributed by atoms with Crippen LogP contribution in [0.15, 0.2) is 73.3 Å². The van der Waals surface area contributed by atoms with Crippen LogP contribution in [0.3, 0.4) is 0 Å². The van der Waals surface area contributed by atoms with Gasteiger partial charge in [-0.2, -0.15) is 18.3 Å². The third kappa shape index (κ3) is 7.48. The van der Waals surface area contributed by atoms with Crippen LogP contribution in [-0.4, -0.2) is 68.1 Å². The van der Waals surface area contributed by atoms with Gasteiger partial charge in [-0.3, -0.25) is 18.8 Å². The van der Waals surface area contributed by atoms with Crippen molar-refractivity contribution in [2.45, 2.75) is 26.2 Å². The number of benzene rings is 2. The molecule has 47 heavy (non-hydrogen) atoms. The molecule has 12 heteroatoms. The zero-order valence-electron chi connectivity index (χ0n) is 26.4. The van der Waals surface area contributed by atoms with Gasteiger partial charge in [0, 0.05) is 69.8 Å². The summed E-state index contributed by atoms with van der Waals surface area (Å²) in [5.74, 6) is 5.92. The Morgan fingerprint density at radius 3 is 2.55 bits per heavy atom. The first kappa shape index (κ1) is 31.8. The minimum atomic E-state index is -4.50. The van der Waals surface area contributed by atoms with Crippen molar-refractivity contribution in [1.82, 2.24) is 34.3 Å². The first-order chi connectivity index (χ1) is 22.5. The summed E-state index contributed by atoms with van der Waals surface area (Å²) in [7, 11) is 3.85. The second kappa shape index (κ2) is 13.3. The number of carbonyl (C=O) groups is 1. The highest BCUT2D eigenvalue weighted by Gasteiger charge is 2.34. The van der Waals surface area contributed by atoms with Gasteiger partial charge in [-0.25, -0.2) is 4.98 Å². The zero-order chi connectivity index (χ0) is 33.1. The zero-order valence-corrected chi connectivity index (χ0v) is 26.4. The van der Waals surface area contributed by atoms with Crippen LogP contribution in [0.4, 0.5) is 24.5 Å². The number of alkyl halides is 3. The third-order valence-electron chi connectivity index (χ3n) is 8.27. The van der Waals surface area contributed by atoms with Crippen molar-refractivity contribution in [3.05, 3.63) is 112 Å². The van der Waals surface area contributed by atoms with Gasteiger partial charge in [0.2, 0.25) is 0 Å². The van der Waals surface area contributed by atoms with E-state index in [2.05, 4.69) is 37.5 Å². The number of anilines is 2. The summed E-state index contributed by atoms with van der Waals surface area (Å²) in [5.41, 5.74) is 4.86. The molecule has 0 spiro atoms. The van der Waals surface area contributed by atoms with Gasteiger partial charge in [-0.1, -0.05) is 24.1 Å². The smallest absolute Gasteiger partial charge is 0.350 e. The number of rotatable bonds is 7. The molecule has 2 N–H and O–H groups in total. The Morgan fingerprint density at radius 1 is 1.00 bits per heavy atom. The molecule has 9 nitrogen and oxygen atoms in total. The molecular formula is C35H35F3N8O. The van der Waals surface area contributed by atoms with Gasteiger partial charge >= 0.3 is 6.18 Å². The number of nitrogens with one attached hydrogen (secondary N) is 2. The summed E-state index contributed by atoms with van der Waals surface area (Å²) in [6.07, 6.45) is 2.66. The molecule has 6 rings (SSSR count). The number of likely N-dealkylation sites (N-methyl/N-ethyl adjacent to an activating group) is 1. The number of fused-ring (bicyclic) bond motifs is 1. The number of pyridine rings is 1. The predicted octanol–water partition coefficient (Wildman–Crippen LogP) is 5.22. The lowest BCUT2D eigenvalue weighted by Gasteiger charge is -2.33. The molecule has 5 aromatic rings. The Bertz CT molecular complexity index is 1980. The number of hydrogen-bond acceptors (Lipinski definition) is 6. The van der Waals surface area contributed by atoms with E-state index in [4.69, 9.17) is 0 Å². The van der Waals surface area contributed by atoms with Crippen molar-refractivity contribution < 1.29 is 18.0 Å². The summed E-state index contributed by atoms with van der Waals surface area (Å²) in [4.78, 5) is 21.8. The Kier molecular flexibility index (Phi) is 9.02. The van der Waals surface area contributed by atoms with Gasteiger partial charge in [0.1, 0.15) is 5.69 Å². The van der Waals surface area contributed by atoms with Gasteiger partial charge in [0.05, 0.1) is 29.3 Å². The maximum absolute atomic E-state index is 14.0. The van der Waals surface area contributed by atoms with Gasteiger partial charge in [-0.15, -0.1) is 0 Å². The third-order valence-corrected chi connectivity index (χ3v) is 8.27. The van der Waals surface area contributed by atoms with Crippen molar-refractivity contribution in [3.8, 4) is 11.8 Å². The molecule has 0 radical (unpaired) electrons. The molecule has 242 valence electrons. The Hall–Kier alpha value is -5.12. The molecule has 4 heterocycles. The van der Waals surface area contributed by atoms with E-state index >= 15 is 0 Å². The van der Waals surface area contributed by atoms with Gasteiger partial charge in [0.15, 0.2) is 5.65 Å². The van der Waals surface area contributed by atoms with Crippen molar-refractivity contribution in [2.24, 2.45) is 7.05 Å². The van der Waals surface area contributed by atoms with Crippen LogP contribution < -0.4 is 10.6 Å². The van der Waals surface area contributed by atoms with Crippen molar-refractivity contribution in [3.63, 3.8) is 0 Å². The van der Waals surface area contributed by atoms with Gasteiger partial charge < -0.3 is 15.5 Å². The summed E-state index contributed by atoms with van der Waals surface area (Å²) in [6.45, 7) is 5.19. The lowest BCUT2D eigenvalue weighted by molar-refractivity contribution is -0.138. The molecule has 1 aliphatic rings. The minimum absolute atomic E-state index is 0.0389. The number of nitrogens with zero attached hydrogens (tertiary/aromatic N) is 6. The van der Waals surface area contributed by atoms with Crippen LogP contribution in [0, 0.1) is 18.8 Å². The van der Waals surface area contributed by atoms with E-state index in [9.17, 15) is 18.0 Å². The first-order valence-corrected chi connectivity index (χ1v) is 15.3. The number of amides is 1. The van der Waals surface area contributed by atoms with E-state index < -0.39 is 17.6 Å². The Balaban J connectivity index is 1.15. The van der Waals surface area contributed by atoms with Gasteiger partial charge in [0.25, 0.3) is 5.91 Å². The van der Waals surface area contributed by atoms with Crippen molar-refractivity contribution in [2.75, 3.05) is 38.5 Å². The fourth-order valence-electron chi connectivity index (χ4n) is 5.54. The van der Waals surface area contributed by atoms with Crippen LogP contribution in [0.5, 0.6) is 0 Å². The molecule has 1 amide bonds. The number of hydrogen-bond donors (Lipinski definition) is 2. The molecular weight excluding hydrogens is 605 g/mol. The van der Waals surface area contributed by atoms with Crippen LogP contribution >= 0.6 is 0 Å². The van der Waals surface area contributed by atoms with Crippen molar-refractivity contribution in [1.29, 1.82) is 0 Å². The van der Waals surface area contributed by atoms with Crippen LogP contribution in [-0.2, 0) is 26.3 Å². The van der Waals surface area contributed by atoms with Crippen LogP contribution in [0.1, 0.15) is 43.9 Å². The molecule has 0 saturated carbocycles. The van der Waals surface area contributed by atoms with E-state index in [1.54, 1.807) is 41.3 Å². The quantitative estimate of drug-likeness (QED) is 0.238. The fourth-order valence-corrected chi connectivity index (χ4v) is 5.54. The minimum Gasteiger partial charge on any atom is -0.350 e. The monoisotopic (exact) mass is 640 g/mol. The normalized spacial score (nSPS) is 14.2. The first-order valence-electron chi connectivity index (χ1n) is 15.3. The topological polar surface area (TPSA) is 82.7 Å². The summed E-state index contributed by atoms with van der Waals surface area (Å²) in [5, 5.41) is 10.3. The summed E-state index contributed by atoms with van der Waals surface area (Å²) >= 11 is 0. The largest absolute Gasteiger partial charge is 0.416 e. The van der Waals surface area contributed by atoms with E-state index in [1.807, 2.05) is 54.8 Å². The number of aromatic nitrogens is 4. The van der Waals surface area contributed by atoms with E-state index in [0.29, 0.717) is 28.0 Å². The molecule has 1 aliphatic heterocycles. The highest BCUT2D eigenvalue weighted by molar-refractivity contribution is 5.94. The van der Waals surface area contributed by atoms with E-state index in [-0.39, 0.29) is 18.7 Å². The number of piperazine rings is 1. The SMILES string of the molecule is Cc1ccc(C(=O)NCc2ccc(CN3CCN(C)CC3)c(C(F)(F)F)c2)cc1C#Cc1cnc2c(Nc3cnn(C)c3)cccn12. The molecule has 2 aromatic carbocycles. The number of aryl methyl sites for hydroxylation is 2. The second-order valence-electron chi connectivity index (χ2n) is 11.8. The Morgan fingerprint density at radius 2 is 1.81 bits per heavy atom. The number of imidazole rings is 1. The fraction of sp³-hybridized carbons (Fsp3) is 0.286. The molecule has 3 aromatic heterocycles. The van der Waals surface area contributed by atoms with E-state index in [1.165, 1.54) is 6.07 Å². The number of carbonyl (C=O) groups excluding carboxylic acids is 1. The lowest BCUT2D eigenvalue weighted by atomic mass is 10.0. The lowest BCUT2D eigenvalue weighted by Crippen LogP contribution is -2.44. The predicted molar refractivity (Wildman–Crippen MR) is 174 cm³/mol. The Labute approximate surface area is 271 Å². The second-order valence-corrected chi connectivity index (χ2v) is 11.8.